The monoisotopic (exact) mass is 514 g/mol. The van der Waals surface area contributed by atoms with Crippen LogP contribution in [0.4, 0.5) is 11.5 Å². The molecule has 10 heteroatoms. The molecule has 0 spiro atoms. The molecule has 3 aromatic carbocycles. The van der Waals surface area contributed by atoms with Crippen molar-refractivity contribution in [3.8, 4) is 22.6 Å². The number of ether oxygens (including phenoxy) is 2. The van der Waals surface area contributed by atoms with Crippen molar-refractivity contribution in [3.63, 3.8) is 0 Å². The number of rotatable bonds is 9. The number of amides is 1. The third kappa shape index (κ3) is 5.71. The maximum atomic E-state index is 12.2. The van der Waals surface area contributed by atoms with Gasteiger partial charge in [0.25, 0.3) is 0 Å². The Morgan fingerprint density at radius 1 is 0.947 bits per heavy atom. The van der Waals surface area contributed by atoms with Gasteiger partial charge >= 0.3 is 7.12 Å². The summed E-state index contributed by atoms with van der Waals surface area (Å²) >= 11 is 0. The van der Waals surface area contributed by atoms with Gasteiger partial charge in [0.1, 0.15) is 11.5 Å². The summed E-state index contributed by atoms with van der Waals surface area (Å²) in [5.41, 5.74) is 3.92. The molecule has 38 heavy (non-hydrogen) atoms. The first-order valence-corrected chi connectivity index (χ1v) is 12.2. The van der Waals surface area contributed by atoms with E-state index < -0.39 is 7.12 Å². The lowest BCUT2D eigenvalue weighted by molar-refractivity contribution is -0.118. The van der Waals surface area contributed by atoms with E-state index >= 15 is 0 Å². The molecular formula is C28H31BN4O5. The van der Waals surface area contributed by atoms with Crippen LogP contribution in [-0.2, 0) is 11.3 Å². The van der Waals surface area contributed by atoms with Crippen LogP contribution in [0.15, 0.2) is 54.6 Å². The minimum absolute atomic E-state index is 0.202. The summed E-state index contributed by atoms with van der Waals surface area (Å²) in [7, 11) is 1.49. The molecule has 0 atom stereocenters. The Kier molecular flexibility index (Phi) is 8.14. The van der Waals surface area contributed by atoms with Crippen molar-refractivity contribution in [1.29, 1.82) is 0 Å². The van der Waals surface area contributed by atoms with Gasteiger partial charge in [0.05, 0.1) is 19.9 Å². The van der Waals surface area contributed by atoms with Gasteiger partial charge in [-0.1, -0.05) is 32.0 Å². The number of nitrogens with zero attached hydrogens (tertiary/aromatic N) is 2. The van der Waals surface area contributed by atoms with Crippen LogP contribution >= 0.6 is 0 Å². The highest BCUT2D eigenvalue weighted by molar-refractivity contribution is 6.61. The third-order valence-electron chi connectivity index (χ3n) is 6.35. The van der Waals surface area contributed by atoms with Crippen molar-refractivity contribution in [3.05, 3.63) is 65.9 Å². The minimum Gasteiger partial charge on any atom is -0.497 e. The Bertz CT molecular complexity index is 1480. The predicted octanol–water partition coefficient (Wildman–Crippen LogP) is 3.51. The molecule has 0 saturated heterocycles. The standard InChI is InChI=1S/C28H31BN4O5/c1-16(2)28(34)31-25-11-8-19(13-24(25)29(35)36)18-7-10-22-23(12-18)17(3)32-33-27(22)30-15-20-6-9-21(37-4)14-26(20)38-5/h6-14,16,35-36H,15H2,1-5H3,(H,30,33)(H,31,34). The smallest absolute Gasteiger partial charge is 0.490 e. The van der Waals surface area contributed by atoms with E-state index in [4.69, 9.17) is 9.47 Å². The summed E-state index contributed by atoms with van der Waals surface area (Å²) in [4.78, 5) is 12.2. The van der Waals surface area contributed by atoms with Gasteiger partial charge in [-0.25, -0.2) is 0 Å². The number of benzene rings is 3. The summed E-state index contributed by atoms with van der Waals surface area (Å²) in [6.45, 7) is 5.91. The fourth-order valence-corrected chi connectivity index (χ4v) is 4.12. The summed E-state index contributed by atoms with van der Waals surface area (Å²) < 4.78 is 10.8. The highest BCUT2D eigenvalue weighted by Crippen LogP contribution is 2.31. The fourth-order valence-electron chi connectivity index (χ4n) is 4.12. The summed E-state index contributed by atoms with van der Waals surface area (Å²) in [5.74, 6) is 1.61. The van der Waals surface area contributed by atoms with Gasteiger partial charge in [-0.2, -0.15) is 5.10 Å². The van der Waals surface area contributed by atoms with Crippen LogP contribution in [0.1, 0.15) is 25.1 Å². The van der Waals surface area contributed by atoms with Crippen molar-refractivity contribution in [2.75, 3.05) is 24.9 Å². The average molecular weight is 514 g/mol. The number of anilines is 2. The first-order chi connectivity index (χ1) is 18.2. The molecule has 4 rings (SSSR count). The molecule has 1 aromatic heterocycles. The van der Waals surface area contributed by atoms with Gasteiger partial charge < -0.3 is 30.2 Å². The zero-order chi connectivity index (χ0) is 27.4. The Morgan fingerprint density at radius 2 is 1.68 bits per heavy atom. The first kappa shape index (κ1) is 26.9. The number of fused-ring (bicyclic) bond motifs is 1. The molecule has 0 unspecified atom stereocenters. The molecule has 4 N–H and O–H groups in total. The maximum Gasteiger partial charge on any atom is 0.490 e. The number of hydrogen-bond donors (Lipinski definition) is 4. The van der Waals surface area contributed by atoms with Gasteiger partial charge in [-0.05, 0) is 48.4 Å². The number of nitrogens with one attached hydrogen (secondary N) is 2. The first-order valence-electron chi connectivity index (χ1n) is 12.2. The zero-order valence-electron chi connectivity index (χ0n) is 22.1. The maximum absolute atomic E-state index is 12.2. The third-order valence-corrected chi connectivity index (χ3v) is 6.35. The Morgan fingerprint density at radius 3 is 2.37 bits per heavy atom. The number of carbonyl (C=O) groups excluding carboxylic acids is 1. The molecular weight excluding hydrogens is 483 g/mol. The molecule has 1 amide bonds. The fraction of sp³-hybridized carbons (Fsp3) is 0.250. The number of aromatic nitrogens is 2. The van der Waals surface area contributed by atoms with E-state index in [1.807, 2.05) is 49.4 Å². The molecule has 9 nitrogen and oxygen atoms in total. The van der Waals surface area contributed by atoms with Gasteiger partial charge in [-0.15, -0.1) is 5.10 Å². The number of aryl methyl sites for hydroxylation is 1. The second-order valence-electron chi connectivity index (χ2n) is 9.25. The minimum atomic E-state index is -1.74. The molecule has 196 valence electrons. The van der Waals surface area contributed by atoms with Crippen molar-refractivity contribution in [2.24, 2.45) is 5.92 Å². The summed E-state index contributed by atoms with van der Waals surface area (Å²) in [6.07, 6.45) is 0. The molecule has 0 fully saturated rings. The number of carbonyl (C=O) groups is 1. The van der Waals surface area contributed by atoms with Crippen LogP contribution in [0.5, 0.6) is 11.5 Å². The van der Waals surface area contributed by atoms with E-state index in [2.05, 4.69) is 20.8 Å². The van der Waals surface area contributed by atoms with Crippen molar-refractivity contribution in [2.45, 2.75) is 27.3 Å². The topological polar surface area (TPSA) is 126 Å². The Balaban J connectivity index is 1.65. The second-order valence-corrected chi connectivity index (χ2v) is 9.25. The molecule has 0 aliphatic rings. The molecule has 0 aliphatic heterocycles. The molecule has 0 radical (unpaired) electrons. The van der Waals surface area contributed by atoms with Crippen LogP contribution in [0.25, 0.3) is 21.9 Å². The van der Waals surface area contributed by atoms with E-state index in [0.29, 0.717) is 29.5 Å². The van der Waals surface area contributed by atoms with E-state index in [0.717, 1.165) is 33.2 Å². The largest absolute Gasteiger partial charge is 0.497 e. The second kappa shape index (κ2) is 11.5. The van der Waals surface area contributed by atoms with Gasteiger partial charge in [0.2, 0.25) is 5.91 Å². The van der Waals surface area contributed by atoms with Gasteiger partial charge in [0.15, 0.2) is 5.82 Å². The highest BCUT2D eigenvalue weighted by atomic mass is 16.5. The van der Waals surface area contributed by atoms with E-state index in [1.165, 1.54) is 0 Å². The lowest BCUT2D eigenvalue weighted by Gasteiger charge is -2.15. The molecule has 0 aliphatic carbocycles. The van der Waals surface area contributed by atoms with Crippen LogP contribution < -0.4 is 25.6 Å². The number of methoxy groups -OCH3 is 2. The Labute approximate surface area is 222 Å². The summed E-state index contributed by atoms with van der Waals surface area (Å²) in [5, 5.41) is 36.6. The number of hydrogen-bond acceptors (Lipinski definition) is 8. The van der Waals surface area contributed by atoms with Gasteiger partial charge in [-0.3, -0.25) is 4.79 Å². The van der Waals surface area contributed by atoms with Crippen LogP contribution in [-0.4, -0.2) is 47.5 Å². The van der Waals surface area contributed by atoms with Crippen LogP contribution in [0.2, 0.25) is 0 Å². The SMILES string of the molecule is COc1ccc(CNc2nnc(C)c3cc(-c4ccc(NC(=O)C(C)C)c(B(O)O)c4)ccc23)c(OC)c1. The highest BCUT2D eigenvalue weighted by Gasteiger charge is 2.20. The van der Waals surface area contributed by atoms with E-state index in [-0.39, 0.29) is 17.3 Å². The lowest BCUT2D eigenvalue weighted by Crippen LogP contribution is -2.34. The van der Waals surface area contributed by atoms with E-state index in [1.54, 1.807) is 40.2 Å². The predicted molar refractivity (Wildman–Crippen MR) is 150 cm³/mol. The molecule has 0 bridgehead atoms. The molecule has 0 saturated carbocycles. The van der Waals surface area contributed by atoms with E-state index in [9.17, 15) is 14.8 Å². The normalized spacial score (nSPS) is 10.9. The quantitative estimate of drug-likeness (QED) is 0.250. The van der Waals surface area contributed by atoms with Crippen molar-refractivity contribution < 1.29 is 24.3 Å². The van der Waals surface area contributed by atoms with Gasteiger partial charge in [0, 0.05) is 46.0 Å². The zero-order valence-corrected chi connectivity index (χ0v) is 22.1. The molecule has 1 heterocycles. The van der Waals surface area contributed by atoms with Crippen LogP contribution in [0, 0.1) is 12.8 Å². The van der Waals surface area contributed by atoms with Crippen molar-refractivity contribution >= 4 is 40.8 Å². The average Bonchev–Trinajstić information content (AvgIpc) is 2.92. The molecule has 4 aromatic rings. The van der Waals surface area contributed by atoms with Crippen molar-refractivity contribution in [1.82, 2.24) is 10.2 Å². The Hall–Kier alpha value is -4.15. The summed E-state index contributed by atoms with van der Waals surface area (Å²) in [6, 6.07) is 16.7. The van der Waals surface area contributed by atoms with Crippen LogP contribution in [0.3, 0.4) is 0 Å². The lowest BCUT2D eigenvalue weighted by atomic mass is 9.77.